The summed E-state index contributed by atoms with van der Waals surface area (Å²) in [5.41, 5.74) is 0.755. The van der Waals surface area contributed by atoms with Gasteiger partial charge < -0.3 is 4.90 Å². The smallest absolute Gasteiger partial charge is 0.336 e. The number of benzene rings is 1. The van der Waals surface area contributed by atoms with E-state index >= 15 is 0 Å². The molecule has 8 heteroatoms. The van der Waals surface area contributed by atoms with E-state index in [0.717, 1.165) is 16.9 Å². The number of nitrogens with zero attached hydrogens (tertiary/aromatic N) is 3. The van der Waals surface area contributed by atoms with Crippen LogP contribution < -0.4 is 11.2 Å². The Bertz CT molecular complexity index is 1210. The largest absolute Gasteiger partial charge is 0.337 e. The van der Waals surface area contributed by atoms with Crippen LogP contribution in [0.5, 0.6) is 0 Å². The predicted molar refractivity (Wildman–Crippen MR) is 112 cm³/mol. The third-order valence-corrected chi connectivity index (χ3v) is 6.56. The van der Waals surface area contributed by atoms with Crippen molar-refractivity contribution >= 4 is 39.1 Å². The van der Waals surface area contributed by atoms with Crippen LogP contribution in [-0.2, 0) is 24.3 Å². The summed E-state index contributed by atoms with van der Waals surface area (Å²) in [6.07, 6.45) is 1.38. The number of rotatable bonds is 3. The van der Waals surface area contributed by atoms with Crippen molar-refractivity contribution in [3.63, 3.8) is 0 Å². The second kappa shape index (κ2) is 7.22. The van der Waals surface area contributed by atoms with E-state index in [4.69, 9.17) is 11.6 Å². The molecule has 0 radical (unpaired) electrons. The number of hydrogen-bond donors (Lipinski definition) is 0. The van der Waals surface area contributed by atoms with Crippen molar-refractivity contribution in [2.75, 3.05) is 6.54 Å². The zero-order chi connectivity index (χ0) is 20.0. The van der Waals surface area contributed by atoms with Gasteiger partial charge in [0.25, 0.3) is 5.56 Å². The summed E-state index contributed by atoms with van der Waals surface area (Å²) in [6, 6.07) is 6.78. The van der Waals surface area contributed by atoms with Crippen LogP contribution in [0.1, 0.15) is 30.7 Å². The summed E-state index contributed by atoms with van der Waals surface area (Å²) < 4.78 is 2.90. The number of hydrogen-bond acceptors (Lipinski definition) is 4. The molecule has 1 amide bonds. The fraction of sp³-hybridized carbons (Fsp3) is 0.350. The number of halogens is 1. The third kappa shape index (κ3) is 2.99. The highest BCUT2D eigenvalue weighted by Gasteiger charge is 2.27. The lowest BCUT2D eigenvalue weighted by atomic mass is 10.1. The summed E-state index contributed by atoms with van der Waals surface area (Å²) in [6.45, 7) is 5.14. The van der Waals surface area contributed by atoms with Crippen molar-refractivity contribution in [1.82, 2.24) is 14.0 Å². The molecular weight excluding hydrogens is 398 g/mol. The fourth-order valence-electron chi connectivity index (χ4n) is 3.74. The molecule has 4 rings (SSSR count). The molecule has 1 aliphatic heterocycles. The van der Waals surface area contributed by atoms with E-state index < -0.39 is 0 Å². The second-order valence-electron chi connectivity index (χ2n) is 6.93. The highest BCUT2D eigenvalue weighted by Crippen LogP contribution is 2.33. The molecule has 0 fully saturated rings. The lowest BCUT2D eigenvalue weighted by molar-refractivity contribution is -0.129. The van der Waals surface area contributed by atoms with E-state index in [-0.39, 0.29) is 17.2 Å². The normalized spacial score (nSPS) is 13.8. The minimum atomic E-state index is -0.358. The average molecular weight is 418 g/mol. The summed E-state index contributed by atoms with van der Waals surface area (Å²) in [5, 5.41) is 1.06. The second-order valence-corrected chi connectivity index (χ2v) is 8.45. The quantitative estimate of drug-likeness (QED) is 0.657. The first-order chi connectivity index (χ1) is 13.4. The van der Waals surface area contributed by atoms with Gasteiger partial charge in [0.1, 0.15) is 4.83 Å². The highest BCUT2D eigenvalue weighted by atomic mass is 35.5. The van der Waals surface area contributed by atoms with E-state index in [1.165, 1.54) is 15.9 Å². The van der Waals surface area contributed by atoms with Crippen molar-refractivity contribution < 1.29 is 4.79 Å². The highest BCUT2D eigenvalue weighted by molar-refractivity contribution is 7.18. The van der Waals surface area contributed by atoms with Gasteiger partial charge in [-0.25, -0.2) is 9.36 Å². The molecule has 0 aliphatic carbocycles. The Kier molecular flexibility index (Phi) is 4.89. The Labute approximate surface area is 170 Å². The van der Waals surface area contributed by atoms with Crippen molar-refractivity contribution in [1.29, 1.82) is 0 Å². The molecule has 0 unspecified atom stereocenters. The van der Waals surface area contributed by atoms with Gasteiger partial charge in [-0.1, -0.05) is 24.6 Å². The third-order valence-electron chi connectivity index (χ3n) is 5.08. The van der Waals surface area contributed by atoms with Gasteiger partial charge >= 0.3 is 5.69 Å². The van der Waals surface area contributed by atoms with E-state index in [1.807, 2.05) is 6.92 Å². The molecule has 0 saturated heterocycles. The Morgan fingerprint density at radius 2 is 2.07 bits per heavy atom. The summed E-state index contributed by atoms with van der Waals surface area (Å²) in [4.78, 5) is 41.9. The lowest BCUT2D eigenvalue weighted by Gasteiger charge is -2.25. The summed E-state index contributed by atoms with van der Waals surface area (Å²) in [7, 11) is 0. The van der Waals surface area contributed by atoms with Gasteiger partial charge in [0.05, 0.1) is 17.6 Å². The molecule has 2 aromatic heterocycles. The Morgan fingerprint density at radius 1 is 1.29 bits per heavy atom. The maximum absolute atomic E-state index is 13.4. The molecule has 0 atom stereocenters. The van der Waals surface area contributed by atoms with Gasteiger partial charge in [0.2, 0.25) is 5.91 Å². The molecule has 0 saturated carbocycles. The van der Waals surface area contributed by atoms with Gasteiger partial charge in [-0.2, -0.15) is 0 Å². The number of aryl methyl sites for hydroxylation is 1. The van der Waals surface area contributed by atoms with Crippen LogP contribution in [0.4, 0.5) is 0 Å². The lowest BCUT2D eigenvalue weighted by Crippen LogP contribution is -2.39. The first kappa shape index (κ1) is 19.0. The Morgan fingerprint density at radius 3 is 2.75 bits per heavy atom. The molecule has 0 N–H and O–H groups in total. The molecule has 1 aromatic carbocycles. The van der Waals surface area contributed by atoms with Crippen molar-refractivity contribution in [3.8, 4) is 5.69 Å². The van der Waals surface area contributed by atoms with Gasteiger partial charge in [0.15, 0.2) is 0 Å². The van der Waals surface area contributed by atoms with Gasteiger partial charge in [-0.15, -0.1) is 11.3 Å². The maximum atomic E-state index is 13.4. The molecular formula is C20H20ClN3O3S. The SMILES string of the molecule is CCCn1c(=O)n(-c2cccc(Cl)c2)c(=O)c2c3c(sc21)CN(C(C)=O)CC3. The average Bonchev–Trinajstić information content (AvgIpc) is 3.04. The van der Waals surface area contributed by atoms with Crippen molar-refractivity contribution in [2.45, 2.75) is 39.8 Å². The number of carbonyl (C=O) groups excluding carboxylic acids is 1. The first-order valence-electron chi connectivity index (χ1n) is 9.24. The maximum Gasteiger partial charge on any atom is 0.336 e. The van der Waals surface area contributed by atoms with Crippen molar-refractivity contribution in [2.24, 2.45) is 0 Å². The predicted octanol–water partition coefficient (Wildman–Crippen LogP) is 3.18. The van der Waals surface area contributed by atoms with Crippen LogP contribution in [0.3, 0.4) is 0 Å². The van der Waals surface area contributed by atoms with Crippen LogP contribution in [0.2, 0.25) is 5.02 Å². The minimum absolute atomic E-state index is 0.0189. The summed E-state index contributed by atoms with van der Waals surface area (Å²) in [5.74, 6) is 0.0189. The van der Waals surface area contributed by atoms with Crippen LogP contribution >= 0.6 is 22.9 Å². The van der Waals surface area contributed by atoms with Crippen LogP contribution in [0.25, 0.3) is 15.9 Å². The van der Waals surface area contributed by atoms with E-state index in [0.29, 0.717) is 47.0 Å². The Hall–Kier alpha value is -2.38. The summed E-state index contributed by atoms with van der Waals surface area (Å²) >= 11 is 7.55. The topological polar surface area (TPSA) is 64.3 Å². The molecule has 0 spiro atoms. The fourth-order valence-corrected chi connectivity index (χ4v) is 5.30. The number of carbonyl (C=O) groups is 1. The molecule has 3 heterocycles. The zero-order valence-electron chi connectivity index (χ0n) is 15.7. The molecule has 146 valence electrons. The number of amides is 1. The van der Waals surface area contributed by atoms with Crippen molar-refractivity contribution in [3.05, 3.63) is 60.6 Å². The minimum Gasteiger partial charge on any atom is -0.337 e. The molecule has 3 aromatic rings. The Balaban J connectivity index is 2.04. The number of fused-ring (bicyclic) bond motifs is 3. The first-order valence-corrected chi connectivity index (χ1v) is 10.4. The molecule has 28 heavy (non-hydrogen) atoms. The zero-order valence-corrected chi connectivity index (χ0v) is 17.3. The standard InChI is InChI=1S/C20H20ClN3O3S/c1-3-8-23-19-17(15-7-9-22(12(2)25)11-16(15)28-19)18(26)24(20(23)27)14-6-4-5-13(21)10-14/h4-6,10H,3,7-9,11H2,1-2H3. The van der Waals surface area contributed by atoms with Gasteiger partial charge in [0, 0.05) is 29.9 Å². The molecule has 6 nitrogen and oxygen atoms in total. The van der Waals surface area contributed by atoms with Crippen LogP contribution in [-0.4, -0.2) is 26.5 Å². The van der Waals surface area contributed by atoms with E-state index in [9.17, 15) is 14.4 Å². The van der Waals surface area contributed by atoms with Crippen LogP contribution in [0, 0.1) is 0 Å². The number of aromatic nitrogens is 2. The van der Waals surface area contributed by atoms with Crippen LogP contribution in [0.15, 0.2) is 33.9 Å². The van der Waals surface area contributed by atoms with E-state index in [2.05, 4.69) is 0 Å². The van der Waals surface area contributed by atoms with Gasteiger partial charge in [-0.3, -0.25) is 14.2 Å². The van der Waals surface area contributed by atoms with E-state index in [1.54, 1.807) is 40.7 Å². The van der Waals surface area contributed by atoms with Gasteiger partial charge in [-0.05, 0) is 36.6 Å². The monoisotopic (exact) mass is 417 g/mol. The molecule has 0 bridgehead atoms. The molecule has 1 aliphatic rings. The number of thiophene rings is 1.